The molecule has 0 aromatic rings. The first-order chi connectivity index (χ1) is 13.0. The van der Waals surface area contributed by atoms with Crippen molar-refractivity contribution in [3.8, 4) is 11.8 Å². The zero-order chi connectivity index (χ0) is 20.1. The summed E-state index contributed by atoms with van der Waals surface area (Å²) in [6.07, 6.45) is 8.02. The van der Waals surface area contributed by atoms with Crippen LogP contribution >= 0.6 is 11.8 Å². The van der Waals surface area contributed by atoms with Crippen LogP contribution in [0.2, 0.25) is 0 Å². The second-order valence-corrected chi connectivity index (χ2v) is 8.19. The van der Waals surface area contributed by atoms with E-state index in [4.69, 9.17) is 5.11 Å². The molecular formula is C21H33NO4S. The van der Waals surface area contributed by atoms with Crippen molar-refractivity contribution >= 4 is 23.6 Å². The highest BCUT2D eigenvalue weighted by Gasteiger charge is 2.28. The maximum absolute atomic E-state index is 12.1. The number of carboxylic acid groups (broad SMARTS) is 1. The third-order valence-electron chi connectivity index (χ3n) is 4.57. The normalized spacial score (nSPS) is 19.1. The second-order valence-electron chi connectivity index (χ2n) is 6.96. The number of aliphatic hydroxyl groups excluding tert-OH is 1. The molecule has 1 amide bonds. The van der Waals surface area contributed by atoms with Crippen LogP contribution in [0.5, 0.6) is 0 Å². The molecule has 0 radical (unpaired) electrons. The number of aliphatic hydroxyl groups is 1. The van der Waals surface area contributed by atoms with Crippen molar-refractivity contribution in [3.63, 3.8) is 0 Å². The van der Waals surface area contributed by atoms with Gasteiger partial charge in [0.2, 0.25) is 5.91 Å². The highest BCUT2D eigenvalue weighted by atomic mass is 32.2. The summed E-state index contributed by atoms with van der Waals surface area (Å²) in [4.78, 5) is 24.5. The van der Waals surface area contributed by atoms with E-state index in [2.05, 4.69) is 18.8 Å². The van der Waals surface area contributed by atoms with Gasteiger partial charge >= 0.3 is 5.97 Å². The molecule has 1 aliphatic heterocycles. The van der Waals surface area contributed by atoms with E-state index in [9.17, 15) is 14.7 Å². The Hall–Kier alpha value is -1.45. The fourth-order valence-electron chi connectivity index (χ4n) is 2.84. The Kier molecular flexibility index (Phi) is 12.0. The standard InChI is InChI=1S/C21H33NO4S/c1-3-4-5-6-8-17(2)19(23)12-10-18-11-13-20(24)22(18)14-16-27-15-7-9-21(25)26/h10,12,17-19,23H,3-4,7-9,11,13-16H2,1-2H3,(H,25,26)/t17-,18-,19-/m0/s1. The summed E-state index contributed by atoms with van der Waals surface area (Å²) in [7, 11) is 0. The number of carboxylic acids is 1. The number of hydrogen-bond acceptors (Lipinski definition) is 4. The van der Waals surface area contributed by atoms with E-state index < -0.39 is 12.1 Å². The molecule has 0 aromatic carbocycles. The van der Waals surface area contributed by atoms with Gasteiger partial charge in [0.05, 0.1) is 12.1 Å². The first-order valence-electron chi connectivity index (χ1n) is 9.86. The van der Waals surface area contributed by atoms with Gasteiger partial charge in [-0.1, -0.05) is 26.0 Å². The molecule has 0 aromatic heterocycles. The largest absolute Gasteiger partial charge is 0.481 e. The summed E-state index contributed by atoms with van der Waals surface area (Å²) >= 11 is 1.68. The van der Waals surface area contributed by atoms with Gasteiger partial charge in [-0.3, -0.25) is 9.59 Å². The van der Waals surface area contributed by atoms with Crippen molar-refractivity contribution in [1.82, 2.24) is 4.90 Å². The van der Waals surface area contributed by atoms with E-state index in [1.807, 2.05) is 24.0 Å². The molecule has 0 spiro atoms. The Balaban J connectivity index is 2.38. The predicted molar refractivity (Wildman–Crippen MR) is 111 cm³/mol. The first kappa shape index (κ1) is 23.6. The van der Waals surface area contributed by atoms with Crippen molar-refractivity contribution in [2.24, 2.45) is 5.92 Å². The minimum absolute atomic E-state index is 0.0464. The topological polar surface area (TPSA) is 77.8 Å². The summed E-state index contributed by atoms with van der Waals surface area (Å²) in [6.45, 7) is 4.75. The second kappa shape index (κ2) is 13.7. The third-order valence-corrected chi connectivity index (χ3v) is 5.62. The lowest BCUT2D eigenvalue weighted by Gasteiger charge is -2.23. The van der Waals surface area contributed by atoms with E-state index in [1.54, 1.807) is 11.8 Å². The van der Waals surface area contributed by atoms with Crippen LogP contribution in [0.4, 0.5) is 0 Å². The minimum atomic E-state index is -0.764. The van der Waals surface area contributed by atoms with Crippen LogP contribution in [0.3, 0.4) is 0 Å². The van der Waals surface area contributed by atoms with Gasteiger partial charge in [0, 0.05) is 38.0 Å². The van der Waals surface area contributed by atoms with Crippen molar-refractivity contribution in [1.29, 1.82) is 0 Å². The fraction of sp³-hybridized carbons (Fsp3) is 0.714. The molecule has 5 nitrogen and oxygen atoms in total. The molecule has 1 aliphatic rings. The Morgan fingerprint density at radius 3 is 2.89 bits per heavy atom. The summed E-state index contributed by atoms with van der Waals surface area (Å²) in [6, 6.07) is 0.0464. The lowest BCUT2D eigenvalue weighted by Crippen LogP contribution is -2.34. The molecule has 0 bridgehead atoms. The summed E-state index contributed by atoms with van der Waals surface area (Å²) < 4.78 is 0. The molecule has 1 heterocycles. The summed E-state index contributed by atoms with van der Waals surface area (Å²) in [5.41, 5.74) is 0. The molecular weight excluding hydrogens is 362 g/mol. The third kappa shape index (κ3) is 9.88. The van der Waals surface area contributed by atoms with Gasteiger partial charge in [-0.05, 0) is 30.9 Å². The van der Waals surface area contributed by atoms with Crippen LogP contribution in [-0.2, 0) is 9.59 Å². The molecule has 3 atom stereocenters. The predicted octanol–water partition coefficient (Wildman–Crippen LogP) is 3.32. The van der Waals surface area contributed by atoms with Crippen molar-refractivity contribution in [3.05, 3.63) is 12.2 Å². The Labute approximate surface area is 167 Å². The summed E-state index contributed by atoms with van der Waals surface area (Å²) in [5.74, 6) is 7.28. The lowest BCUT2D eigenvalue weighted by atomic mass is 10.00. The molecule has 6 heteroatoms. The monoisotopic (exact) mass is 395 g/mol. The van der Waals surface area contributed by atoms with Gasteiger partial charge in [0.1, 0.15) is 0 Å². The zero-order valence-corrected chi connectivity index (χ0v) is 17.3. The highest BCUT2D eigenvalue weighted by Crippen LogP contribution is 2.21. The number of carbonyl (C=O) groups is 2. The molecule has 0 saturated carbocycles. The molecule has 0 aliphatic carbocycles. The number of rotatable bonds is 12. The number of aliphatic carboxylic acids is 1. The first-order valence-corrected chi connectivity index (χ1v) is 11.0. The van der Waals surface area contributed by atoms with Crippen LogP contribution in [-0.4, -0.2) is 57.2 Å². The maximum Gasteiger partial charge on any atom is 0.303 e. The number of nitrogens with zero attached hydrogens (tertiary/aromatic N) is 1. The van der Waals surface area contributed by atoms with E-state index in [-0.39, 0.29) is 24.3 Å². The average Bonchev–Trinajstić information content (AvgIpc) is 2.99. The Morgan fingerprint density at radius 2 is 2.19 bits per heavy atom. The van der Waals surface area contributed by atoms with Crippen molar-refractivity contribution in [2.45, 2.75) is 70.9 Å². The van der Waals surface area contributed by atoms with Crippen molar-refractivity contribution in [2.75, 3.05) is 18.1 Å². The molecule has 0 unspecified atom stereocenters. The van der Waals surface area contributed by atoms with E-state index >= 15 is 0 Å². The van der Waals surface area contributed by atoms with Gasteiger partial charge < -0.3 is 15.1 Å². The van der Waals surface area contributed by atoms with Gasteiger partial charge in [-0.25, -0.2) is 0 Å². The molecule has 152 valence electrons. The van der Waals surface area contributed by atoms with Gasteiger partial charge in [0.25, 0.3) is 0 Å². The number of hydrogen-bond donors (Lipinski definition) is 2. The van der Waals surface area contributed by atoms with Crippen molar-refractivity contribution < 1.29 is 19.8 Å². The van der Waals surface area contributed by atoms with Crippen LogP contribution in [0.1, 0.15) is 58.8 Å². The Morgan fingerprint density at radius 1 is 1.41 bits per heavy atom. The molecule has 1 rings (SSSR count). The number of amides is 1. The smallest absolute Gasteiger partial charge is 0.303 e. The summed E-state index contributed by atoms with van der Waals surface area (Å²) in [5, 5.41) is 18.9. The SMILES string of the molecule is CCCC#CC[C@H](C)[C@@H](O)C=C[C@H]1CCC(=O)N1CCSCCCC(=O)O. The number of thioether (sulfide) groups is 1. The molecule has 2 N–H and O–H groups in total. The molecule has 1 saturated heterocycles. The lowest BCUT2D eigenvalue weighted by molar-refractivity contribution is -0.137. The Bertz CT molecular complexity index is 552. The zero-order valence-electron chi connectivity index (χ0n) is 16.5. The van der Waals surface area contributed by atoms with Crippen LogP contribution in [0.25, 0.3) is 0 Å². The van der Waals surface area contributed by atoms with E-state index in [0.29, 0.717) is 25.8 Å². The van der Waals surface area contributed by atoms with E-state index in [1.165, 1.54) is 0 Å². The number of carbonyl (C=O) groups excluding carboxylic acids is 1. The molecule has 27 heavy (non-hydrogen) atoms. The maximum atomic E-state index is 12.1. The average molecular weight is 396 g/mol. The van der Waals surface area contributed by atoms with Crippen LogP contribution in [0, 0.1) is 17.8 Å². The number of likely N-dealkylation sites (tertiary alicyclic amines) is 1. The fourth-order valence-corrected chi connectivity index (χ4v) is 3.71. The van der Waals surface area contributed by atoms with Gasteiger partial charge in [-0.15, -0.1) is 11.8 Å². The number of unbranched alkanes of at least 4 members (excludes halogenated alkanes) is 1. The van der Waals surface area contributed by atoms with Crippen LogP contribution in [0.15, 0.2) is 12.2 Å². The quantitative estimate of drug-likeness (QED) is 0.301. The van der Waals surface area contributed by atoms with Gasteiger partial charge in [-0.2, -0.15) is 11.8 Å². The van der Waals surface area contributed by atoms with Gasteiger partial charge in [0.15, 0.2) is 0 Å². The minimum Gasteiger partial charge on any atom is -0.481 e. The van der Waals surface area contributed by atoms with E-state index in [0.717, 1.165) is 30.8 Å². The molecule has 1 fully saturated rings. The van der Waals surface area contributed by atoms with Crippen LogP contribution < -0.4 is 0 Å². The highest BCUT2D eigenvalue weighted by molar-refractivity contribution is 7.99.